The molecular weight excluding hydrogens is 252 g/mol. The van der Waals surface area contributed by atoms with Gasteiger partial charge in [-0.1, -0.05) is 24.8 Å². The fraction of sp³-hybridized carbons (Fsp3) is 0.125. The number of hydrogen-bond donors (Lipinski definition) is 1. The van der Waals surface area contributed by atoms with E-state index in [1.165, 1.54) is 0 Å². The summed E-state index contributed by atoms with van der Waals surface area (Å²) in [6, 6.07) is 11.0. The minimum absolute atomic E-state index is 0.121. The van der Waals surface area contributed by atoms with E-state index in [2.05, 4.69) is 11.6 Å². The average Bonchev–Trinajstić information content (AvgIpc) is 2.45. The quantitative estimate of drug-likeness (QED) is 0.865. The number of pyridine rings is 1. The summed E-state index contributed by atoms with van der Waals surface area (Å²) < 4.78 is 5.40. The van der Waals surface area contributed by atoms with Crippen molar-refractivity contribution in [2.24, 2.45) is 0 Å². The molecule has 0 aliphatic carbocycles. The molecule has 4 heteroatoms. The maximum absolute atomic E-state index is 11.8. The van der Waals surface area contributed by atoms with Gasteiger partial charge in [0, 0.05) is 11.3 Å². The lowest BCUT2D eigenvalue weighted by molar-refractivity contribution is 0.363. The fourth-order valence-electron chi connectivity index (χ4n) is 1.91. The Hall–Kier alpha value is -2.80. The van der Waals surface area contributed by atoms with Gasteiger partial charge >= 0.3 is 0 Å². The molecule has 20 heavy (non-hydrogen) atoms. The van der Waals surface area contributed by atoms with Crippen molar-refractivity contribution in [2.75, 3.05) is 6.61 Å². The molecule has 0 bridgehead atoms. The first-order valence-electron chi connectivity index (χ1n) is 6.14. The molecule has 0 fully saturated rings. The summed E-state index contributed by atoms with van der Waals surface area (Å²) in [7, 11) is 0. The van der Waals surface area contributed by atoms with Gasteiger partial charge < -0.3 is 9.72 Å². The number of hydrogen-bond acceptors (Lipinski definition) is 3. The summed E-state index contributed by atoms with van der Waals surface area (Å²) >= 11 is 0. The molecule has 1 heterocycles. The number of nitrogens with zero attached hydrogens (tertiary/aromatic N) is 1. The van der Waals surface area contributed by atoms with Crippen molar-refractivity contribution in [3.05, 3.63) is 64.6 Å². The molecule has 2 rings (SSSR count). The predicted octanol–water partition coefficient (Wildman–Crippen LogP) is 2.79. The van der Waals surface area contributed by atoms with E-state index in [1.807, 2.05) is 18.2 Å². The van der Waals surface area contributed by atoms with E-state index < -0.39 is 0 Å². The Morgan fingerprint density at radius 1 is 1.40 bits per heavy atom. The highest BCUT2D eigenvalue weighted by Crippen LogP contribution is 2.24. The summed E-state index contributed by atoms with van der Waals surface area (Å²) in [6.45, 7) is 5.81. The SMILES string of the molecule is C=CCOc1ccc(-c2cc(C)[nH]c(=O)c2C#N)cc1. The van der Waals surface area contributed by atoms with Gasteiger partial charge in [0.2, 0.25) is 0 Å². The number of H-pyrrole nitrogens is 1. The summed E-state index contributed by atoms with van der Waals surface area (Å²) in [6.07, 6.45) is 1.67. The number of aryl methyl sites for hydroxylation is 1. The molecule has 0 aliphatic heterocycles. The van der Waals surface area contributed by atoms with Gasteiger partial charge in [0.1, 0.15) is 24.0 Å². The van der Waals surface area contributed by atoms with Gasteiger partial charge in [0.25, 0.3) is 5.56 Å². The van der Waals surface area contributed by atoms with Crippen LogP contribution in [0.15, 0.2) is 47.8 Å². The van der Waals surface area contributed by atoms with Gasteiger partial charge in [0.05, 0.1) is 0 Å². The molecule has 1 aromatic carbocycles. The third-order valence-corrected chi connectivity index (χ3v) is 2.81. The summed E-state index contributed by atoms with van der Waals surface area (Å²) in [4.78, 5) is 14.4. The van der Waals surface area contributed by atoms with Crippen molar-refractivity contribution in [2.45, 2.75) is 6.92 Å². The van der Waals surface area contributed by atoms with Crippen LogP contribution in [-0.4, -0.2) is 11.6 Å². The lowest BCUT2D eigenvalue weighted by atomic mass is 10.0. The Balaban J connectivity index is 2.44. The molecule has 0 saturated carbocycles. The molecule has 1 aromatic heterocycles. The molecule has 1 N–H and O–H groups in total. The smallest absolute Gasteiger partial charge is 0.266 e. The number of benzene rings is 1. The maximum Gasteiger partial charge on any atom is 0.266 e. The van der Waals surface area contributed by atoms with Gasteiger partial charge in [-0.3, -0.25) is 4.79 Å². The molecule has 0 atom stereocenters. The Bertz CT molecular complexity index is 722. The Labute approximate surface area is 117 Å². The minimum Gasteiger partial charge on any atom is -0.490 e. The third-order valence-electron chi connectivity index (χ3n) is 2.81. The van der Waals surface area contributed by atoms with E-state index in [1.54, 1.807) is 31.2 Å². The van der Waals surface area contributed by atoms with Crippen molar-refractivity contribution in [3.8, 4) is 22.9 Å². The van der Waals surface area contributed by atoms with Crippen molar-refractivity contribution < 1.29 is 4.74 Å². The molecule has 0 radical (unpaired) electrons. The second kappa shape index (κ2) is 5.89. The van der Waals surface area contributed by atoms with Crippen LogP contribution in [0.3, 0.4) is 0 Å². The molecule has 0 aliphatic rings. The highest BCUT2D eigenvalue weighted by molar-refractivity contribution is 5.70. The number of aromatic amines is 1. The van der Waals surface area contributed by atoms with Crippen molar-refractivity contribution in [1.82, 2.24) is 4.98 Å². The first kappa shape index (κ1) is 13.6. The van der Waals surface area contributed by atoms with Crippen LogP contribution < -0.4 is 10.3 Å². The van der Waals surface area contributed by atoms with E-state index in [0.29, 0.717) is 17.9 Å². The number of ether oxygens (including phenoxy) is 1. The average molecular weight is 266 g/mol. The van der Waals surface area contributed by atoms with E-state index in [4.69, 9.17) is 10.00 Å². The van der Waals surface area contributed by atoms with E-state index in [9.17, 15) is 4.79 Å². The van der Waals surface area contributed by atoms with Crippen LogP contribution in [0.5, 0.6) is 5.75 Å². The van der Waals surface area contributed by atoms with Crippen molar-refractivity contribution >= 4 is 0 Å². The largest absolute Gasteiger partial charge is 0.490 e. The van der Waals surface area contributed by atoms with Crippen LogP contribution in [0.25, 0.3) is 11.1 Å². The Kier molecular flexibility index (Phi) is 4.02. The van der Waals surface area contributed by atoms with Gasteiger partial charge in [0.15, 0.2) is 0 Å². The predicted molar refractivity (Wildman–Crippen MR) is 77.6 cm³/mol. The highest BCUT2D eigenvalue weighted by atomic mass is 16.5. The fourth-order valence-corrected chi connectivity index (χ4v) is 1.91. The molecule has 2 aromatic rings. The highest BCUT2D eigenvalue weighted by Gasteiger charge is 2.10. The zero-order chi connectivity index (χ0) is 14.5. The molecule has 0 unspecified atom stereocenters. The zero-order valence-electron chi connectivity index (χ0n) is 11.1. The summed E-state index contributed by atoms with van der Waals surface area (Å²) in [5.74, 6) is 0.716. The maximum atomic E-state index is 11.8. The van der Waals surface area contributed by atoms with Crippen molar-refractivity contribution in [1.29, 1.82) is 5.26 Å². The molecule has 4 nitrogen and oxygen atoms in total. The summed E-state index contributed by atoms with van der Waals surface area (Å²) in [5, 5.41) is 9.12. The monoisotopic (exact) mass is 266 g/mol. The minimum atomic E-state index is -0.366. The number of nitrogens with one attached hydrogen (secondary N) is 1. The van der Waals surface area contributed by atoms with Crippen molar-refractivity contribution in [3.63, 3.8) is 0 Å². The first-order chi connectivity index (χ1) is 9.65. The standard InChI is InChI=1S/C16H14N2O2/c1-3-8-20-13-6-4-12(5-7-13)14-9-11(2)18-16(19)15(14)10-17/h3-7,9H,1,8H2,2H3,(H,18,19). The van der Waals surface area contributed by atoms with Crippen LogP contribution in [0.1, 0.15) is 11.3 Å². The van der Waals surface area contributed by atoms with Gasteiger partial charge in [-0.25, -0.2) is 0 Å². The van der Waals surface area contributed by atoms with Crippen LogP contribution >= 0.6 is 0 Å². The zero-order valence-corrected chi connectivity index (χ0v) is 11.1. The second-order valence-corrected chi connectivity index (χ2v) is 4.31. The van der Waals surface area contributed by atoms with E-state index >= 15 is 0 Å². The molecule has 0 spiro atoms. The lowest BCUT2D eigenvalue weighted by Gasteiger charge is -2.07. The number of aromatic nitrogens is 1. The Morgan fingerprint density at radius 3 is 2.70 bits per heavy atom. The van der Waals surface area contributed by atoms with Gasteiger partial charge in [-0.2, -0.15) is 5.26 Å². The van der Waals surface area contributed by atoms with Crippen LogP contribution in [0, 0.1) is 18.3 Å². The molecule has 100 valence electrons. The molecular formula is C16H14N2O2. The topological polar surface area (TPSA) is 65.9 Å². The van der Waals surface area contributed by atoms with Crippen LogP contribution in [0.4, 0.5) is 0 Å². The Morgan fingerprint density at radius 2 is 2.10 bits per heavy atom. The van der Waals surface area contributed by atoms with Crippen LogP contribution in [0.2, 0.25) is 0 Å². The lowest BCUT2D eigenvalue weighted by Crippen LogP contribution is -2.12. The summed E-state index contributed by atoms with van der Waals surface area (Å²) in [5.41, 5.74) is 1.91. The van der Waals surface area contributed by atoms with E-state index in [0.717, 1.165) is 11.3 Å². The second-order valence-electron chi connectivity index (χ2n) is 4.31. The van der Waals surface area contributed by atoms with Gasteiger partial charge in [-0.15, -0.1) is 0 Å². The van der Waals surface area contributed by atoms with E-state index in [-0.39, 0.29) is 11.1 Å². The number of rotatable bonds is 4. The van der Waals surface area contributed by atoms with Crippen LogP contribution in [-0.2, 0) is 0 Å². The molecule has 0 amide bonds. The normalized spacial score (nSPS) is 9.80. The first-order valence-corrected chi connectivity index (χ1v) is 6.14. The third kappa shape index (κ3) is 2.78. The molecule has 0 saturated heterocycles. The van der Waals surface area contributed by atoms with Gasteiger partial charge in [-0.05, 0) is 30.7 Å². The number of nitriles is 1.